The maximum absolute atomic E-state index is 12.3. The van der Waals surface area contributed by atoms with Crippen LogP contribution in [0.3, 0.4) is 0 Å². The predicted octanol–water partition coefficient (Wildman–Crippen LogP) is 5.24. The summed E-state index contributed by atoms with van der Waals surface area (Å²) in [7, 11) is 1.59. The fraction of sp³-hybridized carbons (Fsp3) is 0.0952. The Balaban J connectivity index is 1.59. The highest BCUT2D eigenvalue weighted by molar-refractivity contribution is 7.98. The maximum atomic E-state index is 12.3. The van der Waals surface area contributed by atoms with Gasteiger partial charge in [-0.1, -0.05) is 36.4 Å². The van der Waals surface area contributed by atoms with Crippen molar-refractivity contribution in [2.24, 2.45) is 0 Å². The fourth-order valence-corrected chi connectivity index (χ4v) is 3.20. The lowest BCUT2D eigenvalue weighted by Gasteiger charge is -2.08. The van der Waals surface area contributed by atoms with Crippen molar-refractivity contribution in [2.45, 2.75) is 10.6 Å². The molecule has 0 aliphatic rings. The second-order valence-corrected chi connectivity index (χ2v) is 6.53. The Morgan fingerprint density at radius 1 is 0.960 bits per heavy atom. The number of ether oxygens (including phenoxy) is 1. The van der Waals surface area contributed by atoms with E-state index in [9.17, 15) is 4.79 Å². The van der Waals surface area contributed by atoms with E-state index in [0.717, 1.165) is 11.4 Å². The first kappa shape index (κ1) is 17.1. The third-order valence-electron chi connectivity index (χ3n) is 3.69. The minimum atomic E-state index is -0.149. The Hall–Kier alpha value is -2.72. The lowest BCUT2D eigenvalue weighted by molar-refractivity contribution is 0.102. The monoisotopic (exact) mass is 349 g/mol. The van der Waals surface area contributed by atoms with Gasteiger partial charge in [0, 0.05) is 21.9 Å². The number of rotatable bonds is 6. The normalized spacial score (nSPS) is 10.3. The molecule has 126 valence electrons. The molecule has 3 nitrogen and oxygen atoms in total. The van der Waals surface area contributed by atoms with Crippen LogP contribution in [0.2, 0.25) is 0 Å². The van der Waals surface area contributed by atoms with Crippen LogP contribution in [0.1, 0.15) is 15.9 Å². The number of hydrogen-bond donors (Lipinski definition) is 1. The van der Waals surface area contributed by atoms with E-state index in [1.807, 2.05) is 48.5 Å². The Kier molecular flexibility index (Phi) is 5.75. The molecule has 0 spiro atoms. The molecule has 0 aliphatic carbocycles. The molecule has 0 radical (unpaired) electrons. The zero-order valence-corrected chi connectivity index (χ0v) is 14.8. The number of benzene rings is 3. The average Bonchev–Trinajstić information content (AvgIpc) is 2.68. The van der Waals surface area contributed by atoms with Crippen molar-refractivity contribution in [1.82, 2.24) is 0 Å². The quantitative estimate of drug-likeness (QED) is 0.619. The van der Waals surface area contributed by atoms with Crippen LogP contribution in [0.5, 0.6) is 5.75 Å². The highest BCUT2D eigenvalue weighted by Gasteiger charge is 2.07. The van der Waals surface area contributed by atoms with Crippen molar-refractivity contribution < 1.29 is 9.53 Å². The molecule has 0 saturated heterocycles. The van der Waals surface area contributed by atoms with Gasteiger partial charge >= 0.3 is 0 Å². The highest BCUT2D eigenvalue weighted by atomic mass is 32.2. The van der Waals surface area contributed by atoms with Gasteiger partial charge in [0.15, 0.2) is 0 Å². The summed E-state index contributed by atoms with van der Waals surface area (Å²) in [6.07, 6.45) is 0. The third kappa shape index (κ3) is 4.88. The van der Waals surface area contributed by atoms with Gasteiger partial charge in [-0.3, -0.25) is 4.79 Å². The summed E-state index contributed by atoms with van der Waals surface area (Å²) in [6, 6.07) is 25.4. The van der Waals surface area contributed by atoms with Gasteiger partial charge in [0.2, 0.25) is 0 Å². The molecule has 1 amide bonds. The van der Waals surface area contributed by atoms with E-state index in [2.05, 4.69) is 17.4 Å². The second kappa shape index (κ2) is 8.40. The summed E-state index contributed by atoms with van der Waals surface area (Å²) in [4.78, 5) is 13.5. The maximum Gasteiger partial charge on any atom is 0.255 e. The molecule has 3 aromatic rings. The first-order valence-electron chi connectivity index (χ1n) is 7.97. The van der Waals surface area contributed by atoms with E-state index in [4.69, 9.17) is 4.74 Å². The first-order chi connectivity index (χ1) is 12.2. The third-order valence-corrected chi connectivity index (χ3v) is 4.78. The minimum absolute atomic E-state index is 0.149. The SMILES string of the molecule is COc1cccc(C(=O)Nc2ccc(SCc3ccccc3)cc2)c1. The number of nitrogens with one attached hydrogen (secondary N) is 1. The lowest BCUT2D eigenvalue weighted by Crippen LogP contribution is -2.11. The van der Waals surface area contributed by atoms with Crippen molar-refractivity contribution in [3.63, 3.8) is 0 Å². The van der Waals surface area contributed by atoms with E-state index in [1.165, 1.54) is 10.5 Å². The molecule has 0 saturated carbocycles. The van der Waals surface area contributed by atoms with Gasteiger partial charge < -0.3 is 10.1 Å². The summed E-state index contributed by atoms with van der Waals surface area (Å²) in [6.45, 7) is 0. The van der Waals surface area contributed by atoms with Crippen molar-refractivity contribution >= 4 is 23.4 Å². The van der Waals surface area contributed by atoms with Crippen molar-refractivity contribution in [2.75, 3.05) is 12.4 Å². The van der Waals surface area contributed by atoms with Gasteiger partial charge in [0.05, 0.1) is 7.11 Å². The molecular weight excluding hydrogens is 330 g/mol. The topological polar surface area (TPSA) is 38.3 Å². The summed E-state index contributed by atoms with van der Waals surface area (Å²) in [5.74, 6) is 1.44. The molecule has 0 unspecified atom stereocenters. The van der Waals surface area contributed by atoms with Gasteiger partial charge in [0.25, 0.3) is 5.91 Å². The van der Waals surface area contributed by atoms with E-state index < -0.39 is 0 Å². The summed E-state index contributed by atoms with van der Waals surface area (Å²) >= 11 is 1.77. The predicted molar refractivity (Wildman–Crippen MR) is 103 cm³/mol. The second-order valence-electron chi connectivity index (χ2n) is 5.48. The molecule has 25 heavy (non-hydrogen) atoms. The number of methoxy groups -OCH3 is 1. The van der Waals surface area contributed by atoms with E-state index in [1.54, 1.807) is 37.1 Å². The van der Waals surface area contributed by atoms with Crippen LogP contribution in [0, 0.1) is 0 Å². The Bertz CT molecular complexity index is 832. The fourth-order valence-electron chi connectivity index (χ4n) is 2.34. The van der Waals surface area contributed by atoms with Gasteiger partial charge in [-0.15, -0.1) is 11.8 Å². The van der Waals surface area contributed by atoms with Crippen molar-refractivity contribution in [3.05, 3.63) is 90.0 Å². The largest absolute Gasteiger partial charge is 0.497 e. The van der Waals surface area contributed by atoms with E-state index in [0.29, 0.717) is 11.3 Å². The molecule has 0 heterocycles. The van der Waals surface area contributed by atoms with Crippen LogP contribution in [0.15, 0.2) is 83.8 Å². The van der Waals surface area contributed by atoms with Gasteiger partial charge in [-0.2, -0.15) is 0 Å². The molecule has 1 N–H and O–H groups in total. The van der Waals surface area contributed by atoms with Crippen molar-refractivity contribution in [1.29, 1.82) is 0 Å². The van der Waals surface area contributed by atoms with Gasteiger partial charge in [-0.25, -0.2) is 0 Å². The minimum Gasteiger partial charge on any atom is -0.497 e. The van der Waals surface area contributed by atoms with Gasteiger partial charge in [0.1, 0.15) is 5.75 Å². The highest BCUT2D eigenvalue weighted by Crippen LogP contribution is 2.24. The molecule has 0 atom stereocenters. The van der Waals surface area contributed by atoms with Crippen molar-refractivity contribution in [3.8, 4) is 5.75 Å². The molecule has 4 heteroatoms. The summed E-state index contributed by atoms with van der Waals surface area (Å²) in [5.41, 5.74) is 2.64. The zero-order chi connectivity index (χ0) is 17.5. The number of carbonyl (C=O) groups is 1. The molecule has 0 bridgehead atoms. The molecular formula is C21H19NO2S. The molecule has 3 rings (SSSR count). The van der Waals surface area contributed by atoms with E-state index >= 15 is 0 Å². The average molecular weight is 349 g/mol. The lowest BCUT2D eigenvalue weighted by atomic mass is 10.2. The van der Waals surface area contributed by atoms with Crippen LogP contribution in [-0.2, 0) is 5.75 Å². The standard InChI is InChI=1S/C21H19NO2S/c1-24-19-9-5-8-17(14-19)21(23)22-18-10-12-20(13-11-18)25-15-16-6-3-2-4-7-16/h2-14H,15H2,1H3,(H,22,23). The van der Waals surface area contributed by atoms with E-state index in [-0.39, 0.29) is 5.91 Å². The number of amides is 1. The van der Waals surface area contributed by atoms with Crippen LogP contribution >= 0.6 is 11.8 Å². The summed E-state index contributed by atoms with van der Waals surface area (Å²) < 4.78 is 5.15. The zero-order valence-electron chi connectivity index (χ0n) is 13.9. The molecule has 3 aromatic carbocycles. The summed E-state index contributed by atoms with van der Waals surface area (Å²) in [5, 5.41) is 2.91. The molecule has 0 fully saturated rings. The number of anilines is 1. The number of hydrogen-bond acceptors (Lipinski definition) is 3. The smallest absolute Gasteiger partial charge is 0.255 e. The molecule has 0 aliphatic heterocycles. The number of thioether (sulfide) groups is 1. The Morgan fingerprint density at radius 2 is 1.72 bits per heavy atom. The van der Waals surface area contributed by atoms with Crippen LogP contribution in [0.4, 0.5) is 5.69 Å². The Labute approximate surface area is 152 Å². The van der Waals surface area contributed by atoms with Crippen LogP contribution < -0.4 is 10.1 Å². The van der Waals surface area contributed by atoms with Gasteiger partial charge in [-0.05, 0) is 48.0 Å². The molecule has 0 aromatic heterocycles. The van der Waals surface area contributed by atoms with Crippen LogP contribution in [0.25, 0.3) is 0 Å². The Morgan fingerprint density at radius 3 is 2.44 bits per heavy atom. The van der Waals surface area contributed by atoms with Crippen LogP contribution in [-0.4, -0.2) is 13.0 Å². The number of carbonyl (C=O) groups excluding carboxylic acids is 1. The first-order valence-corrected chi connectivity index (χ1v) is 8.95.